The van der Waals surface area contributed by atoms with Gasteiger partial charge in [-0.1, -0.05) is 52.0 Å². The zero-order valence-electron chi connectivity index (χ0n) is 29.0. The van der Waals surface area contributed by atoms with E-state index in [0.29, 0.717) is 27.8 Å². The molecule has 0 saturated heterocycles. The predicted molar refractivity (Wildman–Crippen MR) is 180 cm³/mol. The summed E-state index contributed by atoms with van der Waals surface area (Å²) in [6.45, 7) is 6.68. The minimum absolute atomic E-state index is 0.104. The zero-order valence-corrected chi connectivity index (χ0v) is 29.0. The van der Waals surface area contributed by atoms with Gasteiger partial charge >= 0.3 is 12.6 Å². The number of carbonyl (C=O) groups is 2. The highest BCUT2D eigenvalue weighted by Gasteiger charge is 2.55. The van der Waals surface area contributed by atoms with E-state index in [-0.39, 0.29) is 36.1 Å². The number of aliphatic imine (C=N–C) groups is 1. The Morgan fingerprint density at radius 2 is 1.90 bits per heavy atom. The van der Waals surface area contributed by atoms with Gasteiger partial charge < -0.3 is 15.8 Å². The molecule has 12 nitrogen and oxygen atoms in total. The van der Waals surface area contributed by atoms with Crippen LogP contribution in [0.3, 0.4) is 0 Å². The maximum Gasteiger partial charge on any atom is 0.407 e. The smallest absolute Gasteiger partial charge is 0.407 e. The SMILES string of the molecule is CC1CC(c2cnn(C(F)F)c2)=CC=C1[C@@]1(CC(C)(C)C)N=C(N)N([C@H](COC(=O)NC2(C)CC2)c2cccc(-n3ncnc3C(F)F)c2)C1=O. The van der Waals surface area contributed by atoms with Crippen molar-refractivity contribution >= 4 is 23.5 Å². The molecule has 3 N–H and O–H groups in total. The molecule has 2 amide bonds. The number of benzene rings is 1. The lowest BCUT2D eigenvalue weighted by molar-refractivity contribution is -0.133. The summed E-state index contributed by atoms with van der Waals surface area (Å²) < 4.78 is 61.3. The van der Waals surface area contributed by atoms with E-state index in [1.54, 1.807) is 36.4 Å². The Balaban J connectivity index is 1.40. The molecule has 3 aromatic rings. The van der Waals surface area contributed by atoms with Crippen LogP contribution in [0.2, 0.25) is 0 Å². The molecule has 2 aromatic heterocycles. The van der Waals surface area contributed by atoms with Gasteiger partial charge in [-0.2, -0.15) is 19.0 Å². The summed E-state index contributed by atoms with van der Waals surface area (Å²) >= 11 is 0. The number of nitrogens with two attached hydrogens (primary N) is 1. The van der Waals surface area contributed by atoms with Crippen molar-refractivity contribution in [3.8, 4) is 5.69 Å². The van der Waals surface area contributed by atoms with Gasteiger partial charge in [0.15, 0.2) is 17.3 Å². The van der Waals surface area contributed by atoms with Crippen LogP contribution in [0.15, 0.2) is 65.7 Å². The average molecular weight is 712 g/mol. The van der Waals surface area contributed by atoms with Gasteiger partial charge in [-0.3, -0.25) is 9.69 Å². The molecule has 6 rings (SSSR count). The van der Waals surface area contributed by atoms with Crippen LogP contribution >= 0.6 is 0 Å². The lowest BCUT2D eigenvalue weighted by Gasteiger charge is -2.39. The molecular weight excluding hydrogens is 670 g/mol. The number of amides is 2. The number of allylic oxidation sites excluding steroid dienone is 3. The number of nitrogens with zero attached hydrogens (tertiary/aromatic N) is 7. The third-order valence-electron chi connectivity index (χ3n) is 9.44. The average Bonchev–Trinajstić information content (AvgIpc) is 3.43. The second-order valence-corrected chi connectivity index (χ2v) is 14.9. The molecule has 1 aromatic carbocycles. The molecule has 2 aliphatic carbocycles. The number of halogens is 4. The molecule has 16 heteroatoms. The van der Waals surface area contributed by atoms with Crippen LogP contribution in [-0.4, -0.2) is 65.1 Å². The Labute approximate surface area is 292 Å². The number of rotatable bonds is 11. The summed E-state index contributed by atoms with van der Waals surface area (Å²) in [6, 6.07) is 5.42. The fourth-order valence-corrected chi connectivity index (χ4v) is 6.84. The quantitative estimate of drug-likeness (QED) is 0.216. The van der Waals surface area contributed by atoms with Crippen molar-refractivity contribution in [3.63, 3.8) is 0 Å². The lowest BCUT2D eigenvalue weighted by atomic mass is 9.69. The highest BCUT2D eigenvalue weighted by Crippen LogP contribution is 2.48. The first-order valence-corrected chi connectivity index (χ1v) is 16.7. The topological polar surface area (TPSA) is 146 Å². The van der Waals surface area contributed by atoms with Crippen LogP contribution in [0.4, 0.5) is 22.4 Å². The van der Waals surface area contributed by atoms with Gasteiger partial charge in [-0.05, 0) is 72.8 Å². The Hall–Kier alpha value is -5.02. The molecule has 1 fully saturated rings. The normalized spacial score (nSPS) is 22.2. The molecule has 1 unspecified atom stereocenters. The van der Waals surface area contributed by atoms with Crippen molar-refractivity contribution < 1.29 is 31.9 Å². The number of aromatic nitrogens is 5. The van der Waals surface area contributed by atoms with E-state index < -0.39 is 47.8 Å². The van der Waals surface area contributed by atoms with E-state index >= 15 is 4.79 Å². The number of guanidine groups is 1. The maximum absolute atomic E-state index is 15.0. The molecule has 272 valence electrons. The number of ether oxygens (including phenoxy) is 1. The van der Waals surface area contributed by atoms with Crippen LogP contribution < -0.4 is 11.1 Å². The van der Waals surface area contributed by atoms with Crippen molar-refractivity contribution in [2.24, 2.45) is 22.1 Å². The second-order valence-electron chi connectivity index (χ2n) is 14.9. The number of alkyl carbamates (subject to hydrolysis) is 1. The number of alkyl halides is 4. The van der Waals surface area contributed by atoms with Gasteiger partial charge in [-0.15, -0.1) is 0 Å². The van der Waals surface area contributed by atoms with E-state index in [2.05, 4.69) is 20.5 Å². The molecular formula is C35H41F4N9O3. The third-order valence-corrected chi connectivity index (χ3v) is 9.44. The first kappa shape index (κ1) is 35.8. The Bertz CT molecular complexity index is 1910. The van der Waals surface area contributed by atoms with Crippen LogP contribution in [0.25, 0.3) is 11.3 Å². The standard InChI is InChI=1S/C35H41F4N9O3/c1-20-13-21(23-15-42-46(16-23)30(38)39)9-10-25(20)35(18-33(2,3)4)29(49)47(31(40)44-35)26(17-51-32(50)45-34(5)11-12-34)22-7-6-8-24(14-22)48-28(27(36)37)41-19-43-48/h6-10,14-16,19-20,26-27,30H,11-13,17-18H2,1-5H3,(H2,40,44)(H,45,50)/t20?,26-,35-/m1/s1. The highest BCUT2D eigenvalue weighted by molar-refractivity contribution is 6.09. The summed E-state index contributed by atoms with van der Waals surface area (Å²) in [6.07, 6.45) is 6.01. The minimum atomic E-state index is -2.90. The molecule has 1 saturated carbocycles. The monoisotopic (exact) mass is 711 g/mol. The van der Waals surface area contributed by atoms with Crippen molar-refractivity contribution in [1.29, 1.82) is 0 Å². The first-order valence-electron chi connectivity index (χ1n) is 16.7. The lowest BCUT2D eigenvalue weighted by Crippen LogP contribution is -2.50. The fraction of sp³-hybridized carbons (Fsp3) is 0.486. The number of nitrogens with one attached hydrogen (secondary N) is 1. The van der Waals surface area contributed by atoms with Crippen LogP contribution in [0.5, 0.6) is 0 Å². The molecule has 0 radical (unpaired) electrons. The third kappa shape index (κ3) is 7.26. The molecule has 3 atom stereocenters. The van der Waals surface area contributed by atoms with Gasteiger partial charge in [-0.25, -0.2) is 32.9 Å². The summed E-state index contributed by atoms with van der Waals surface area (Å²) in [4.78, 5) is 37.8. The largest absolute Gasteiger partial charge is 0.447 e. The van der Waals surface area contributed by atoms with E-state index in [9.17, 15) is 22.4 Å². The molecule has 3 heterocycles. The Morgan fingerprint density at radius 1 is 1.16 bits per heavy atom. The van der Waals surface area contributed by atoms with E-state index in [0.717, 1.165) is 29.4 Å². The summed E-state index contributed by atoms with van der Waals surface area (Å²) in [5.41, 5.74) is 7.10. The van der Waals surface area contributed by atoms with E-state index in [4.69, 9.17) is 15.5 Å². The summed E-state index contributed by atoms with van der Waals surface area (Å²) in [5, 5.41) is 10.6. The van der Waals surface area contributed by atoms with E-state index in [1.165, 1.54) is 17.3 Å². The van der Waals surface area contributed by atoms with Crippen molar-refractivity contribution in [1.82, 2.24) is 34.8 Å². The second kappa shape index (κ2) is 13.3. The van der Waals surface area contributed by atoms with Gasteiger partial charge in [0.2, 0.25) is 0 Å². The number of hydrogen-bond donors (Lipinski definition) is 2. The van der Waals surface area contributed by atoms with Gasteiger partial charge in [0.05, 0.1) is 17.9 Å². The van der Waals surface area contributed by atoms with Crippen molar-refractivity contribution in [2.75, 3.05) is 6.61 Å². The predicted octanol–water partition coefficient (Wildman–Crippen LogP) is 6.50. The van der Waals surface area contributed by atoms with Crippen molar-refractivity contribution in [2.45, 2.75) is 90.4 Å². The number of hydrogen-bond acceptors (Lipinski definition) is 8. The van der Waals surface area contributed by atoms with Gasteiger partial charge in [0, 0.05) is 17.3 Å². The van der Waals surface area contributed by atoms with Gasteiger partial charge in [0.25, 0.3) is 12.3 Å². The van der Waals surface area contributed by atoms with Crippen LogP contribution in [0, 0.1) is 11.3 Å². The van der Waals surface area contributed by atoms with Crippen LogP contribution in [-0.2, 0) is 9.53 Å². The molecule has 3 aliphatic rings. The summed E-state index contributed by atoms with van der Waals surface area (Å²) in [7, 11) is 0. The van der Waals surface area contributed by atoms with Crippen molar-refractivity contribution in [3.05, 3.63) is 77.7 Å². The van der Waals surface area contributed by atoms with Crippen LogP contribution in [0.1, 0.15) is 96.3 Å². The Morgan fingerprint density at radius 3 is 2.53 bits per heavy atom. The zero-order chi connectivity index (χ0) is 36.9. The molecule has 0 spiro atoms. The first-order chi connectivity index (χ1) is 24.0. The van der Waals surface area contributed by atoms with E-state index in [1.807, 2.05) is 34.6 Å². The molecule has 51 heavy (non-hydrogen) atoms. The molecule has 1 aliphatic heterocycles. The maximum atomic E-state index is 15.0. The summed E-state index contributed by atoms with van der Waals surface area (Å²) in [5.74, 6) is -1.37. The molecule has 0 bridgehead atoms. The highest BCUT2D eigenvalue weighted by atomic mass is 19.3. The fourth-order valence-electron chi connectivity index (χ4n) is 6.84. The van der Waals surface area contributed by atoms with Gasteiger partial charge in [0.1, 0.15) is 12.9 Å². The number of carbonyl (C=O) groups excluding carboxylic acids is 2. The Kier molecular flexibility index (Phi) is 9.31. The minimum Gasteiger partial charge on any atom is -0.447 e.